The third-order valence-corrected chi connectivity index (χ3v) is 5.74. The van der Waals surface area contributed by atoms with Crippen LogP contribution < -0.4 is 4.90 Å². The van der Waals surface area contributed by atoms with Gasteiger partial charge in [-0.1, -0.05) is 6.92 Å². The van der Waals surface area contributed by atoms with Gasteiger partial charge in [-0.2, -0.15) is 0 Å². The summed E-state index contributed by atoms with van der Waals surface area (Å²) in [6, 6.07) is 0. The van der Waals surface area contributed by atoms with Gasteiger partial charge in [-0.15, -0.1) is 0 Å². The predicted molar refractivity (Wildman–Crippen MR) is 94.1 cm³/mol. The number of anilines is 1. The van der Waals surface area contributed by atoms with Gasteiger partial charge in [0, 0.05) is 13.1 Å². The highest BCUT2D eigenvalue weighted by Gasteiger charge is 2.52. The highest BCUT2D eigenvalue weighted by molar-refractivity contribution is 7.47. The highest BCUT2D eigenvalue weighted by atomic mass is 31.2. The number of ether oxygens (including phenoxy) is 1. The summed E-state index contributed by atoms with van der Waals surface area (Å²) in [6.07, 6.45) is 0.267. The zero-order chi connectivity index (χ0) is 19.2. The van der Waals surface area contributed by atoms with Crippen LogP contribution in [0.2, 0.25) is 0 Å². The van der Waals surface area contributed by atoms with Gasteiger partial charge < -0.3 is 19.6 Å². The van der Waals surface area contributed by atoms with Gasteiger partial charge >= 0.3 is 7.82 Å². The third-order valence-electron chi connectivity index (χ3n) is 4.75. The Balaban J connectivity index is 1.68. The van der Waals surface area contributed by atoms with E-state index in [0.29, 0.717) is 17.0 Å². The van der Waals surface area contributed by atoms with Crippen LogP contribution in [0.15, 0.2) is 12.7 Å². The second-order valence-corrected chi connectivity index (χ2v) is 7.90. The average molecular weight is 399 g/mol. The van der Waals surface area contributed by atoms with E-state index in [-0.39, 0.29) is 6.61 Å². The number of nitrogens with zero attached hydrogens (tertiary/aromatic N) is 5. The fourth-order valence-electron chi connectivity index (χ4n) is 3.51. The van der Waals surface area contributed by atoms with Crippen molar-refractivity contribution in [2.24, 2.45) is 0 Å². The largest absolute Gasteiger partial charge is 0.472 e. The second-order valence-electron chi connectivity index (χ2n) is 6.49. The monoisotopic (exact) mass is 399 g/mol. The van der Waals surface area contributed by atoms with E-state index < -0.39 is 32.4 Å². The van der Waals surface area contributed by atoms with Gasteiger partial charge in [-0.05, 0) is 13.3 Å². The van der Waals surface area contributed by atoms with Crippen LogP contribution in [0.4, 0.5) is 5.82 Å². The van der Waals surface area contributed by atoms with Crippen molar-refractivity contribution < 1.29 is 28.3 Å². The molecule has 4 rings (SSSR count). The molecule has 0 aliphatic carbocycles. The molecule has 0 aromatic carbocycles. The predicted octanol–water partition coefficient (Wildman–Crippen LogP) is 0.837. The Morgan fingerprint density at radius 3 is 2.93 bits per heavy atom. The molecule has 12 heteroatoms. The molecule has 0 saturated carbocycles. The molecule has 0 bridgehead atoms. The Morgan fingerprint density at radius 2 is 2.19 bits per heavy atom. The van der Waals surface area contributed by atoms with Crippen molar-refractivity contribution >= 4 is 24.8 Å². The first kappa shape index (κ1) is 18.7. The minimum absolute atomic E-state index is 0.140. The second kappa shape index (κ2) is 7.08. The van der Waals surface area contributed by atoms with E-state index in [1.54, 1.807) is 4.57 Å². The van der Waals surface area contributed by atoms with E-state index in [1.807, 2.05) is 6.92 Å². The van der Waals surface area contributed by atoms with Crippen molar-refractivity contribution in [1.29, 1.82) is 0 Å². The van der Waals surface area contributed by atoms with Crippen LogP contribution >= 0.6 is 7.82 Å². The molecule has 2 aliphatic rings. The Bertz CT molecular complexity index is 877. The van der Waals surface area contributed by atoms with Gasteiger partial charge in [0.15, 0.2) is 23.2 Å². The summed E-state index contributed by atoms with van der Waals surface area (Å²) in [7, 11) is -4.18. The van der Waals surface area contributed by atoms with Crippen molar-refractivity contribution in [3.05, 3.63) is 12.7 Å². The Hall–Kier alpha value is -1.62. The molecule has 2 fully saturated rings. The molecule has 2 aliphatic heterocycles. The van der Waals surface area contributed by atoms with E-state index >= 15 is 0 Å². The number of fused-ring (bicyclic) bond motifs is 2. The molecule has 0 amide bonds. The van der Waals surface area contributed by atoms with E-state index in [9.17, 15) is 14.6 Å². The zero-order valence-electron chi connectivity index (χ0n) is 15.0. The fourth-order valence-corrected chi connectivity index (χ4v) is 4.47. The van der Waals surface area contributed by atoms with E-state index in [2.05, 4.69) is 26.8 Å². The Kier molecular flexibility index (Phi) is 4.91. The number of phosphoric ester groups is 1. The molecule has 4 heterocycles. The zero-order valence-corrected chi connectivity index (χ0v) is 15.9. The summed E-state index contributed by atoms with van der Waals surface area (Å²) < 4.78 is 28.8. The minimum atomic E-state index is -4.18. The third kappa shape index (κ3) is 3.24. The average Bonchev–Trinajstić information content (AvgIpc) is 3.20. The topological polar surface area (TPSA) is 132 Å². The normalized spacial score (nSPS) is 33.3. The van der Waals surface area contributed by atoms with Gasteiger partial charge in [0.05, 0.1) is 12.9 Å². The summed E-state index contributed by atoms with van der Waals surface area (Å²) >= 11 is 0. The van der Waals surface area contributed by atoms with Gasteiger partial charge in [-0.25, -0.2) is 19.5 Å². The van der Waals surface area contributed by atoms with Crippen molar-refractivity contribution in [2.45, 2.75) is 44.8 Å². The molecule has 0 radical (unpaired) electrons. The van der Waals surface area contributed by atoms with E-state index in [1.165, 1.54) is 12.7 Å². The number of aromatic nitrogens is 4. The van der Waals surface area contributed by atoms with Crippen molar-refractivity contribution in [1.82, 2.24) is 19.5 Å². The van der Waals surface area contributed by atoms with Crippen LogP contribution in [0.25, 0.3) is 11.2 Å². The van der Waals surface area contributed by atoms with Crippen LogP contribution in [0.5, 0.6) is 0 Å². The lowest BCUT2D eigenvalue weighted by Gasteiger charge is -2.27. The molecule has 5 atom stereocenters. The van der Waals surface area contributed by atoms with Crippen LogP contribution in [0.3, 0.4) is 0 Å². The van der Waals surface area contributed by atoms with Crippen LogP contribution in [-0.2, 0) is 18.3 Å². The first-order valence-electron chi connectivity index (χ1n) is 8.87. The van der Waals surface area contributed by atoms with Gasteiger partial charge in [-0.3, -0.25) is 13.6 Å². The summed E-state index contributed by atoms with van der Waals surface area (Å²) in [5, 5.41) is 10.6. The van der Waals surface area contributed by atoms with Crippen molar-refractivity contribution in [3.63, 3.8) is 0 Å². The Labute approximate surface area is 155 Å². The van der Waals surface area contributed by atoms with Crippen molar-refractivity contribution in [2.75, 3.05) is 24.6 Å². The van der Waals surface area contributed by atoms with Crippen LogP contribution in [0, 0.1) is 0 Å². The van der Waals surface area contributed by atoms with Gasteiger partial charge in [0.2, 0.25) is 0 Å². The molecule has 27 heavy (non-hydrogen) atoms. The molecule has 148 valence electrons. The lowest BCUT2D eigenvalue weighted by molar-refractivity contribution is -0.0664. The molecule has 2 aromatic rings. The molecule has 2 aromatic heterocycles. The van der Waals surface area contributed by atoms with E-state index in [0.717, 1.165) is 19.5 Å². The quantitative estimate of drug-likeness (QED) is 0.697. The van der Waals surface area contributed by atoms with Crippen molar-refractivity contribution in [3.8, 4) is 0 Å². The van der Waals surface area contributed by atoms with E-state index in [4.69, 9.17) is 13.8 Å². The number of rotatable bonds is 5. The van der Waals surface area contributed by atoms with Gasteiger partial charge in [0.25, 0.3) is 0 Å². The number of phosphoric acid groups is 1. The smallest absolute Gasteiger partial charge is 0.386 e. The maximum absolute atomic E-state index is 11.6. The lowest BCUT2D eigenvalue weighted by atomic mass is 10.1. The van der Waals surface area contributed by atoms with Gasteiger partial charge in [0.1, 0.15) is 24.6 Å². The molecular weight excluding hydrogens is 377 g/mol. The first-order valence-corrected chi connectivity index (χ1v) is 10.4. The summed E-state index contributed by atoms with van der Waals surface area (Å²) in [4.78, 5) is 24.7. The maximum atomic E-state index is 11.6. The summed E-state index contributed by atoms with van der Waals surface area (Å²) in [6.45, 7) is 5.60. The maximum Gasteiger partial charge on any atom is 0.472 e. The molecule has 0 spiro atoms. The summed E-state index contributed by atoms with van der Waals surface area (Å²) in [5.74, 6) is 0.715. The lowest BCUT2D eigenvalue weighted by Crippen LogP contribution is -2.39. The minimum Gasteiger partial charge on any atom is -0.386 e. The number of hydrogen-bond donors (Lipinski definition) is 2. The number of hydrogen-bond acceptors (Lipinski definition) is 9. The first-order chi connectivity index (χ1) is 12.9. The standard InChI is InChI=1S/C15H22N5O6P/c1-3-5-19(4-2)13-10-14(17-7-16-13)20(8-18-10)15-11(21)12-9(25-15)6-24-27(22,23)26-12/h7-9,11-12,15,21H,3-6H2,1-2H3,(H,22,23)/t9-,11-,12-,15-/m1/s1. The summed E-state index contributed by atoms with van der Waals surface area (Å²) in [5.41, 5.74) is 1.11. The highest BCUT2D eigenvalue weighted by Crippen LogP contribution is 2.52. The van der Waals surface area contributed by atoms with Crippen LogP contribution in [0.1, 0.15) is 26.5 Å². The number of aliphatic hydroxyl groups is 1. The molecule has 11 nitrogen and oxygen atoms in total. The molecule has 2 saturated heterocycles. The number of aliphatic hydroxyl groups excluding tert-OH is 1. The SMILES string of the molecule is CCCN(CC)c1ncnc2c1ncn2[C@@H]1O[C@@H]2COP(=O)(O)O[C@H]2[C@H]1O. The Morgan fingerprint density at radius 1 is 1.37 bits per heavy atom. The van der Waals surface area contributed by atoms with Crippen LogP contribution in [-0.4, -0.2) is 67.5 Å². The fraction of sp³-hybridized carbons (Fsp3) is 0.667. The number of imidazole rings is 1. The molecular formula is C15H22N5O6P. The molecule has 1 unspecified atom stereocenters. The molecule has 2 N–H and O–H groups in total.